The van der Waals surface area contributed by atoms with Crippen LogP contribution in [0.1, 0.15) is 53.1 Å². The van der Waals surface area contributed by atoms with E-state index in [2.05, 4.69) is 12.1 Å². The first-order valence-corrected chi connectivity index (χ1v) is 11.1. The quantitative estimate of drug-likeness (QED) is 0.653. The molecule has 2 atom stereocenters. The van der Waals surface area contributed by atoms with Crippen molar-refractivity contribution >= 4 is 17.4 Å². The molecule has 3 fully saturated rings. The number of Topliss-reactive ketones (excluding diaryl/α,β-unsaturated/α-hetero) is 1. The molecule has 2 unspecified atom stereocenters. The van der Waals surface area contributed by atoms with E-state index in [1.165, 1.54) is 5.56 Å². The van der Waals surface area contributed by atoms with Crippen LogP contribution in [0.4, 0.5) is 0 Å². The summed E-state index contributed by atoms with van der Waals surface area (Å²) < 4.78 is 18.7. The summed E-state index contributed by atoms with van der Waals surface area (Å²) in [6.07, 6.45) is 3.88. The van der Waals surface area contributed by atoms with E-state index in [0.717, 1.165) is 41.8 Å². The second kappa shape index (κ2) is 6.94. The summed E-state index contributed by atoms with van der Waals surface area (Å²) in [5, 5.41) is 0.764. The van der Waals surface area contributed by atoms with Gasteiger partial charge in [0.2, 0.25) is 0 Å². The Hall–Kier alpha value is -2.14. The number of carbonyl (C=O) groups excluding carboxylic acids is 1. The molecule has 1 spiro atoms. The lowest BCUT2D eigenvalue weighted by molar-refractivity contribution is -0.208. The van der Waals surface area contributed by atoms with Gasteiger partial charge in [-0.15, -0.1) is 0 Å². The van der Waals surface area contributed by atoms with Gasteiger partial charge in [0.05, 0.1) is 6.61 Å². The zero-order valence-electron chi connectivity index (χ0n) is 16.6. The van der Waals surface area contributed by atoms with Crippen molar-refractivity contribution in [2.45, 2.75) is 43.5 Å². The predicted molar refractivity (Wildman–Crippen MR) is 112 cm³/mol. The van der Waals surface area contributed by atoms with E-state index in [-0.39, 0.29) is 17.8 Å². The summed E-state index contributed by atoms with van der Waals surface area (Å²) in [5.41, 5.74) is 3.56. The molecule has 4 aliphatic rings. The summed E-state index contributed by atoms with van der Waals surface area (Å²) in [6.45, 7) is 0.929. The molecule has 2 aromatic rings. The van der Waals surface area contributed by atoms with Crippen molar-refractivity contribution < 1.29 is 19.0 Å². The fourth-order valence-electron chi connectivity index (χ4n) is 5.54. The molecule has 2 aromatic carbocycles. The zero-order valence-corrected chi connectivity index (χ0v) is 17.4. The van der Waals surface area contributed by atoms with Crippen molar-refractivity contribution in [3.05, 3.63) is 81.6 Å². The van der Waals surface area contributed by atoms with Gasteiger partial charge in [0.25, 0.3) is 5.79 Å². The molecular formula is C25H23ClO4. The minimum absolute atomic E-state index is 0.0683. The summed E-state index contributed by atoms with van der Waals surface area (Å²) in [6, 6.07) is 15.8. The average molecular weight is 423 g/mol. The molecule has 2 heterocycles. The smallest absolute Gasteiger partial charge is 0.257 e. The van der Waals surface area contributed by atoms with Gasteiger partial charge in [0.1, 0.15) is 12.7 Å². The van der Waals surface area contributed by atoms with Crippen LogP contribution in [0.25, 0.3) is 0 Å². The third kappa shape index (κ3) is 2.71. The Morgan fingerprint density at radius 3 is 2.43 bits per heavy atom. The van der Waals surface area contributed by atoms with Gasteiger partial charge in [0.15, 0.2) is 11.5 Å². The van der Waals surface area contributed by atoms with Crippen molar-refractivity contribution in [3.63, 3.8) is 0 Å². The molecule has 5 heteroatoms. The molecule has 6 rings (SSSR count). The predicted octanol–water partition coefficient (Wildman–Crippen LogP) is 5.36. The standard InChI is InChI=1S/C25H23ClO4/c26-18-11-9-16(10-12-18)15-5-7-17(8-6-15)22-23(27)20-3-1-2-4-21(20)25-24(22)28-13-19(30-25)14-29-25/h1-4,9-12,15,17,19H,5-8,13-14H2. The molecule has 2 aliphatic heterocycles. The van der Waals surface area contributed by atoms with Crippen LogP contribution in [0.5, 0.6) is 0 Å². The summed E-state index contributed by atoms with van der Waals surface area (Å²) >= 11 is 6.05. The molecule has 0 radical (unpaired) electrons. The molecule has 154 valence electrons. The molecule has 0 N–H and O–H groups in total. The van der Waals surface area contributed by atoms with Crippen LogP contribution in [0.2, 0.25) is 5.02 Å². The average Bonchev–Trinajstić information content (AvgIpc) is 3.13. The van der Waals surface area contributed by atoms with Gasteiger partial charge < -0.3 is 14.2 Å². The number of rotatable bonds is 2. The number of allylic oxidation sites excluding steroid dienone is 1. The summed E-state index contributed by atoms with van der Waals surface area (Å²) in [7, 11) is 0. The second-order valence-corrected chi connectivity index (χ2v) is 9.13. The molecule has 0 amide bonds. The first-order valence-electron chi connectivity index (χ1n) is 10.7. The molecule has 2 saturated heterocycles. The molecule has 4 nitrogen and oxygen atoms in total. The van der Waals surface area contributed by atoms with E-state index in [0.29, 0.717) is 30.5 Å². The maximum absolute atomic E-state index is 13.6. The Bertz CT molecular complexity index is 1040. The van der Waals surface area contributed by atoms with Gasteiger partial charge in [0, 0.05) is 21.7 Å². The van der Waals surface area contributed by atoms with Crippen LogP contribution in [-0.4, -0.2) is 25.1 Å². The maximum Gasteiger partial charge on any atom is 0.257 e. The summed E-state index contributed by atoms with van der Waals surface area (Å²) in [4.78, 5) is 13.6. The number of ether oxygens (including phenoxy) is 3. The first-order chi connectivity index (χ1) is 14.7. The zero-order chi connectivity index (χ0) is 20.3. The van der Waals surface area contributed by atoms with Crippen LogP contribution in [0.3, 0.4) is 0 Å². The normalized spacial score (nSPS) is 32.4. The molecule has 30 heavy (non-hydrogen) atoms. The fraction of sp³-hybridized carbons (Fsp3) is 0.400. The van der Waals surface area contributed by atoms with E-state index >= 15 is 0 Å². The van der Waals surface area contributed by atoms with Gasteiger partial charge in [-0.05, 0) is 55.2 Å². The highest BCUT2D eigenvalue weighted by Crippen LogP contribution is 2.53. The summed E-state index contributed by atoms with van der Waals surface area (Å²) in [5.74, 6) is 0.286. The Morgan fingerprint density at radius 2 is 1.63 bits per heavy atom. The molecular weight excluding hydrogens is 400 g/mol. The number of fused-ring (bicyclic) bond motifs is 2. The monoisotopic (exact) mass is 422 g/mol. The lowest BCUT2D eigenvalue weighted by Gasteiger charge is -2.41. The number of carbonyl (C=O) groups is 1. The number of ketones is 1. The molecule has 0 aromatic heterocycles. The topological polar surface area (TPSA) is 44.8 Å². The van der Waals surface area contributed by atoms with Crippen LogP contribution in [0, 0.1) is 5.92 Å². The SMILES string of the molecule is O=C1C(C2CCC(c3ccc(Cl)cc3)CC2)=C2OCC3COC2(O3)c2ccccc21. The lowest BCUT2D eigenvalue weighted by atomic mass is 9.71. The number of benzene rings is 2. The maximum atomic E-state index is 13.6. The van der Waals surface area contributed by atoms with Gasteiger partial charge >= 0.3 is 0 Å². The van der Waals surface area contributed by atoms with Crippen LogP contribution in [0.15, 0.2) is 59.9 Å². The molecule has 2 aliphatic carbocycles. The second-order valence-electron chi connectivity index (χ2n) is 8.70. The van der Waals surface area contributed by atoms with E-state index in [1.807, 2.05) is 36.4 Å². The third-order valence-corrected chi connectivity index (χ3v) is 7.26. The Kier molecular flexibility index (Phi) is 4.31. The van der Waals surface area contributed by atoms with Crippen molar-refractivity contribution in [1.82, 2.24) is 0 Å². The van der Waals surface area contributed by atoms with Crippen molar-refractivity contribution in [2.75, 3.05) is 13.2 Å². The molecule has 1 saturated carbocycles. The first kappa shape index (κ1) is 18.6. The fourth-order valence-corrected chi connectivity index (χ4v) is 5.67. The van der Waals surface area contributed by atoms with Gasteiger partial charge in [-0.2, -0.15) is 0 Å². The molecule has 2 bridgehead atoms. The highest BCUT2D eigenvalue weighted by atomic mass is 35.5. The number of hydrogen-bond acceptors (Lipinski definition) is 4. The van der Waals surface area contributed by atoms with Gasteiger partial charge in [-0.1, -0.05) is 48.0 Å². The van der Waals surface area contributed by atoms with Crippen molar-refractivity contribution in [1.29, 1.82) is 0 Å². The number of hydrogen-bond donors (Lipinski definition) is 0. The largest absolute Gasteiger partial charge is 0.489 e. The van der Waals surface area contributed by atoms with Crippen LogP contribution in [-0.2, 0) is 20.0 Å². The van der Waals surface area contributed by atoms with Crippen molar-refractivity contribution in [3.8, 4) is 0 Å². The number of halogens is 1. The van der Waals surface area contributed by atoms with Crippen LogP contribution >= 0.6 is 11.6 Å². The minimum atomic E-state index is -1.05. The van der Waals surface area contributed by atoms with Gasteiger partial charge in [-0.25, -0.2) is 0 Å². The van der Waals surface area contributed by atoms with E-state index < -0.39 is 5.79 Å². The third-order valence-electron chi connectivity index (χ3n) is 7.01. The van der Waals surface area contributed by atoms with Crippen molar-refractivity contribution in [2.24, 2.45) is 5.92 Å². The highest BCUT2D eigenvalue weighted by Gasteiger charge is 2.58. The highest BCUT2D eigenvalue weighted by molar-refractivity contribution is 6.30. The minimum Gasteiger partial charge on any atom is -0.489 e. The Labute approximate surface area is 180 Å². The van der Waals surface area contributed by atoms with Crippen LogP contribution < -0.4 is 0 Å². The lowest BCUT2D eigenvalue weighted by Crippen LogP contribution is -2.44. The Morgan fingerprint density at radius 1 is 0.900 bits per heavy atom. The van der Waals surface area contributed by atoms with E-state index in [9.17, 15) is 4.79 Å². The van der Waals surface area contributed by atoms with Gasteiger partial charge in [-0.3, -0.25) is 4.79 Å². The Balaban J connectivity index is 1.34. The van der Waals surface area contributed by atoms with E-state index in [1.54, 1.807) is 0 Å². The van der Waals surface area contributed by atoms with E-state index in [4.69, 9.17) is 25.8 Å².